The number of likely N-dealkylation sites (tertiary alicyclic amines) is 1. The van der Waals surface area contributed by atoms with Gasteiger partial charge in [-0.15, -0.1) is 0 Å². The highest BCUT2D eigenvalue weighted by Gasteiger charge is 2.30. The Labute approximate surface area is 147 Å². The summed E-state index contributed by atoms with van der Waals surface area (Å²) < 4.78 is 5.24. The topological polar surface area (TPSA) is 62.1 Å². The molecule has 0 unspecified atom stereocenters. The van der Waals surface area contributed by atoms with E-state index in [1.165, 1.54) is 0 Å². The number of hydrogen-bond acceptors (Lipinski definition) is 3. The first-order valence-corrected chi connectivity index (χ1v) is 8.92. The summed E-state index contributed by atoms with van der Waals surface area (Å²) in [6, 6.07) is 10.1. The molecule has 25 heavy (non-hydrogen) atoms. The third-order valence-electron chi connectivity index (χ3n) is 5.17. The van der Waals surface area contributed by atoms with Gasteiger partial charge in [0, 0.05) is 29.2 Å². The van der Waals surface area contributed by atoms with Gasteiger partial charge < -0.3 is 14.4 Å². The highest BCUT2D eigenvalue weighted by Crippen LogP contribution is 2.32. The molecule has 1 aliphatic heterocycles. The van der Waals surface area contributed by atoms with Crippen LogP contribution < -0.4 is 0 Å². The molecule has 0 spiro atoms. The predicted octanol–water partition coefficient (Wildman–Crippen LogP) is 4.07. The largest absolute Gasteiger partial charge is 0.361 e. The normalized spacial score (nSPS) is 18.0. The molecule has 1 N–H and O–H groups in total. The molecule has 1 amide bonds. The molecule has 130 valence electrons. The summed E-state index contributed by atoms with van der Waals surface area (Å²) in [6.07, 6.45) is 3.53. The molecule has 0 aliphatic carbocycles. The Morgan fingerprint density at radius 3 is 2.96 bits per heavy atom. The van der Waals surface area contributed by atoms with E-state index in [9.17, 15) is 4.79 Å². The van der Waals surface area contributed by atoms with Gasteiger partial charge in [0.1, 0.15) is 11.5 Å². The number of H-pyrrole nitrogens is 1. The third kappa shape index (κ3) is 2.95. The van der Waals surface area contributed by atoms with Gasteiger partial charge >= 0.3 is 0 Å². The molecule has 5 heteroatoms. The average Bonchev–Trinajstić information content (AvgIpc) is 3.19. The van der Waals surface area contributed by atoms with E-state index in [4.69, 9.17) is 4.52 Å². The Morgan fingerprint density at radius 2 is 2.16 bits per heavy atom. The lowest BCUT2D eigenvalue weighted by molar-refractivity contribution is -0.134. The van der Waals surface area contributed by atoms with Gasteiger partial charge in [0.25, 0.3) is 0 Å². The van der Waals surface area contributed by atoms with E-state index in [-0.39, 0.29) is 11.9 Å². The Hall–Kier alpha value is -2.56. The zero-order valence-corrected chi connectivity index (χ0v) is 14.7. The number of benzene rings is 1. The number of piperidine rings is 1. The van der Waals surface area contributed by atoms with Crippen molar-refractivity contribution in [1.29, 1.82) is 0 Å². The predicted molar refractivity (Wildman–Crippen MR) is 96.3 cm³/mol. The van der Waals surface area contributed by atoms with E-state index in [1.807, 2.05) is 36.9 Å². The lowest BCUT2D eigenvalue weighted by Gasteiger charge is -2.34. The maximum Gasteiger partial charge on any atom is 0.227 e. The number of aryl methyl sites for hydroxylation is 2. The monoisotopic (exact) mass is 337 g/mol. The number of aromatic nitrogens is 2. The number of fused-ring (bicyclic) bond motifs is 1. The van der Waals surface area contributed by atoms with E-state index in [0.717, 1.165) is 59.4 Å². The first-order valence-electron chi connectivity index (χ1n) is 8.92. The van der Waals surface area contributed by atoms with Gasteiger partial charge in [-0.1, -0.05) is 23.4 Å². The first kappa shape index (κ1) is 15.9. The van der Waals surface area contributed by atoms with Gasteiger partial charge in [-0.2, -0.15) is 0 Å². The van der Waals surface area contributed by atoms with Crippen LogP contribution in [0.25, 0.3) is 10.9 Å². The average molecular weight is 337 g/mol. The zero-order chi connectivity index (χ0) is 17.4. The fourth-order valence-electron chi connectivity index (χ4n) is 3.90. The van der Waals surface area contributed by atoms with Gasteiger partial charge in [-0.05, 0) is 44.7 Å². The van der Waals surface area contributed by atoms with Crippen molar-refractivity contribution in [3.63, 3.8) is 0 Å². The molecule has 2 aromatic heterocycles. The lowest BCUT2D eigenvalue weighted by atomic mass is 9.97. The van der Waals surface area contributed by atoms with Crippen LogP contribution in [0.15, 0.2) is 34.9 Å². The lowest BCUT2D eigenvalue weighted by Crippen LogP contribution is -2.39. The quantitative estimate of drug-likeness (QED) is 0.783. The maximum absolute atomic E-state index is 13.1. The van der Waals surface area contributed by atoms with Crippen molar-refractivity contribution in [2.75, 3.05) is 6.54 Å². The summed E-state index contributed by atoms with van der Waals surface area (Å²) in [5.41, 5.74) is 4.13. The fraction of sp³-hybridized carbons (Fsp3) is 0.400. The number of amides is 1. The Morgan fingerprint density at radius 1 is 1.32 bits per heavy atom. The summed E-state index contributed by atoms with van der Waals surface area (Å²) in [5.74, 6) is 0.957. The second-order valence-corrected chi connectivity index (χ2v) is 6.91. The summed E-state index contributed by atoms with van der Waals surface area (Å²) in [4.78, 5) is 18.5. The van der Waals surface area contributed by atoms with Crippen molar-refractivity contribution in [3.05, 3.63) is 53.0 Å². The molecule has 0 bridgehead atoms. The van der Waals surface area contributed by atoms with Crippen molar-refractivity contribution in [2.24, 2.45) is 0 Å². The number of nitrogens with zero attached hydrogens (tertiary/aromatic N) is 2. The van der Waals surface area contributed by atoms with Crippen LogP contribution in [0.5, 0.6) is 0 Å². The third-order valence-corrected chi connectivity index (χ3v) is 5.17. The molecule has 0 saturated carbocycles. The minimum Gasteiger partial charge on any atom is -0.361 e. The number of nitrogens with one attached hydrogen (secondary N) is 1. The molecule has 4 rings (SSSR count). The van der Waals surface area contributed by atoms with Crippen LogP contribution in [0.2, 0.25) is 0 Å². The minimum absolute atomic E-state index is 0.0317. The second-order valence-electron chi connectivity index (χ2n) is 6.91. The molecule has 1 saturated heterocycles. The number of hydrogen-bond donors (Lipinski definition) is 1. The van der Waals surface area contributed by atoms with E-state index in [1.54, 1.807) is 0 Å². The van der Waals surface area contributed by atoms with Gasteiger partial charge in [-0.3, -0.25) is 4.79 Å². The van der Waals surface area contributed by atoms with E-state index >= 15 is 0 Å². The van der Waals surface area contributed by atoms with Crippen molar-refractivity contribution in [3.8, 4) is 0 Å². The van der Waals surface area contributed by atoms with Crippen LogP contribution in [-0.2, 0) is 11.2 Å². The van der Waals surface area contributed by atoms with Crippen molar-refractivity contribution < 1.29 is 9.32 Å². The molecular formula is C20H23N3O2. The SMILES string of the molecule is Cc1cc([C@H]2CCCCN2C(=O)Cc2c(C)[nH]c3ccccc23)no1. The fourth-order valence-corrected chi connectivity index (χ4v) is 3.90. The summed E-state index contributed by atoms with van der Waals surface area (Å²) >= 11 is 0. The molecule has 5 nitrogen and oxygen atoms in total. The number of carbonyl (C=O) groups is 1. The maximum atomic E-state index is 13.1. The van der Waals surface area contributed by atoms with E-state index in [2.05, 4.69) is 22.3 Å². The van der Waals surface area contributed by atoms with Crippen molar-refractivity contribution in [2.45, 2.75) is 45.6 Å². The van der Waals surface area contributed by atoms with Gasteiger partial charge in [-0.25, -0.2) is 0 Å². The number of carbonyl (C=O) groups excluding carboxylic acids is 1. The molecule has 1 aromatic carbocycles. The zero-order valence-electron chi connectivity index (χ0n) is 14.7. The second kappa shape index (κ2) is 6.39. The van der Waals surface area contributed by atoms with Crippen molar-refractivity contribution >= 4 is 16.8 Å². The highest BCUT2D eigenvalue weighted by atomic mass is 16.5. The number of rotatable bonds is 3. The van der Waals surface area contributed by atoms with Gasteiger partial charge in [0.2, 0.25) is 5.91 Å². The van der Waals surface area contributed by atoms with Gasteiger partial charge in [0.15, 0.2) is 0 Å². The molecule has 3 aromatic rings. The number of para-hydroxylation sites is 1. The molecule has 1 fully saturated rings. The van der Waals surface area contributed by atoms with Crippen LogP contribution >= 0.6 is 0 Å². The van der Waals surface area contributed by atoms with E-state index in [0.29, 0.717) is 6.42 Å². The highest BCUT2D eigenvalue weighted by molar-refractivity contribution is 5.90. The summed E-state index contributed by atoms with van der Waals surface area (Å²) in [6.45, 7) is 4.72. The van der Waals surface area contributed by atoms with Gasteiger partial charge in [0.05, 0.1) is 12.5 Å². The van der Waals surface area contributed by atoms with E-state index < -0.39 is 0 Å². The minimum atomic E-state index is 0.0317. The number of aromatic amines is 1. The van der Waals surface area contributed by atoms with Crippen LogP contribution in [-0.4, -0.2) is 27.5 Å². The molecule has 1 aliphatic rings. The Kier molecular flexibility index (Phi) is 4.07. The van der Waals surface area contributed by atoms with Crippen LogP contribution in [0.4, 0.5) is 0 Å². The van der Waals surface area contributed by atoms with Crippen molar-refractivity contribution in [1.82, 2.24) is 15.0 Å². The molecule has 0 radical (unpaired) electrons. The van der Waals surface area contributed by atoms with Crippen LogP contribution in [0.3, 0.4) is 0 Å². The van der Waals surface area contributed by atoms with Crippen LogP contribution in [0, 0.1) is 13.8 Å². The molecular weight excluding hydrogens is 314 g/mol. The Balaban J connectivity index is 1.61. The smallest absolute Gasteiger partial charge is 0.227 e. The molecule has 1 atom stereocenters. The first-order chi connectivity index (χ1) is 12.1. The van der Waals surface area contributed by atoms with Crippen LogP contribution in [0.1, 0.15) is 48.0 Å². The summed E-state index contributed by atoms with van der Waals surface area (Å²) in [7, 11) is 0. The molecule has 3 heterocycles. The summed E-state index contributed by atoms with van der Waals surface area (Å²) in [5, 5.41) is 5.30. The standard InChI is InChI=1S/C20H23N3O2/c1-13-11-18(22-25-13)19-9-5-6-10-23(19)20(24)12-16-14(2)21-17-8-4-3-7-15(16)17/h3-4,7-8,11,19,21H,5-6,9-10,12H2,1-2H3/t19-/m1/s1. The Bertz CT molecular complexity index is 909.